The van der Waals surface area contributed by atoms with Gasteiger partial charge in [-0.15, -0.1) is 0 Å². The first-order chi connectivity index (χ1) is 6.33. The van der Waals surface area contributed by atoms with Crippen LogP contribution in [0.1, 0.15) is 15.9 Å². The molecule has 0 aliphatic rings. The molecule has 2 rings (SSSR count). The number of carbonyl (C=O) groups is 1. The molecule has 0 N–H and O–H groups in total. The van der Waals surface area contributed by atoms with Gasteiger partial charge in [0.1, 0.15) is 6.29 Å². The van der Waals surface area contributed by atoms with Crippen molar-refractivity contribution in [2.24, 2.45) is 0 Å². The van der Waals surface area contributed by atoms with Crippen LogP contribution < -0.4 is 0 Å². The number of aryl methyl sites for hydroxylation is 1. The maximum Gasteiger partial charge on any atom is 0.150 e. The van der Waals surface area contributed by atoms with E-state index in [4.69, 9.17) is 0 Å². The minimum Gasteiger partial charge on any atom is -0.298 e. The highest BCUT2D eigenvalue weighted by Crippen LogP contribution is 2.20. The lowest BCUT2D eigenvalue weighted by Gasteiger charge is -2.03. The van der Waals surface area contributed by atoms with Crippen molar-refractivity contribution >= 4 is 17.1 Å². The number of hydrogen-bond donors (Lipinski definition) is 0. The normalized spacial score (nSPS) is 10.2. The first-order valence-corrected chi connectivity index (χ1v) is 4.26. The molecule has 0 spiro atoms. The van der Waals surface area contributed by atoms with E-state index >= 15 is 0 Å². The molecular weight excluding hydrogens is 160 g/mol. The van der Waals surface area contributed by atoms with Gasteiger partial charge in [0.15, 0.2) is 0 Å². The van der Waals surface area contributed by atoms with Crippen LogP contribution in [0.25, 0.3) is 10.8 Å². The smallest absolute Gasteiger partial charge is 0.150 e. The van der Waals surface area contributed by atoms with Crippen LogP contribution in [0.5, 0.6) is 0 Å². The molecule has 0 amide bonds. The van der Waals surface area contributed by atoms with Crippen molar-refractivity contribution < 1.29 is 4.79 Å². The molecule has 0 saturated carbocycles. The first-order valence-electron chi connectivity index (χ1n) is 4.26. The number of rotatable bonds is 1. The summed E-state index contributed by atoms with van der Waals surface area (Å²) >= 11 is 0. The summed E-state index contributed by atoms with van der Waals surface area (Å²) in [5, 5.41) is 2.35. The lowest BCUT2D eigenvalue weighted by molar-refractivity contribution is 0.112. The van der Waals surface area contributed by atoms with Crippen LogP contribution >= 0.6 is 0 Å². The molecule has 1 nitrogen and oxygen atoms in total. The van der Waals surface area contributed by atoms with Gasteiger partial charge in [-0.3, -0.25) is 4.79 Å². The van der Waals surface area contributed by atoms with E-state index in [0.717, 1.165) is 22.8 Å². The lowest BCUT2D eigenvalue weighted by atomic mass is 10.0. The van der Waals surface area contributed by atoms with Crippen LogP contribution in [0.2, 0.25) is 0 Å². The van der Waals surface area contributed by atoms with E-state index in [-0.39, 0.29) is 0 Å². The molecule has 0 saturated heterocycles. The SMILES string of the molecule is Cc1c(C=O)ccc2ccccc12. The second-order valence-corrected chi connectivity index (χ2v) is 3.12. The summed E-state index contributed by atoms with van der Waals surface area (Å²) in [5.74, 6) is 0. The number of aldehydes is 1. The Labute approximate surface area is 77.0 Å². The molecule has 0 heterocycles. The Bertz CT molecular complexity index is 458. The molecule has 2 aromatic rings. The minimum absolute atomic E-state index is 0.777. The van der Waals surface area contributed by atoms with Crippen molar-refractivity contribution in [3.8, 4) is 0 Å². The van der Waals surface area contributed by atoms with E-state index in [1.54, 1.807) is 0 Å². The molecule has 0 atom stereocenters. The third kappa shape index (κ3) is 1.22. The quantitative estimate of drug-likeness (QED) is 0.601. The standard InChI is InChI=1S/C12H10O/c1-9-11(8-13)7-6-10-4-2-3-5-12(9)10/h2-8H,1H3. The number of benzene rings is 2. The number of carbonyl (C=O) groups excluding carboxylic acids is 1. The summed E-state index contributed by atoms with van der Waals surface area (Å²) in [4.78, 5) is 10.7. The van der Waals surface area contributed by atoms with Gasteiger partial charge in [0.05, 0.1) is 0 Å². The lowest BCUT2D eigenvalue weighted by Crippen LogP contribution is -1.87. The third-order valence-electron chi connectivity index (χ3n) is 2.37. The monoisotopic (exact) mass is 170 g/mol. The molecule has 0 aliphatic heterocycles. The predicted octanol–water partition coefficient (Wildman–Crippen LogP) is 2.96. The zero-order valence-electron chi connectivity index (χ0n) is 7.45. The first kappa shape index (κ1) is 7.99. The van der Waals surface area contributed by atoms with Crippen molar-refractivity contribution in [1.29, 1.82) is 0 Å². The van der Waals surface area contributed by atoms with Crippen molar-refractivity contribution in [2.75, 3.05) is 0 Å². The summed E-state index contributed by atoms with van der Waals surface area (Å²) in [6.07, 6.45) is 0.905. The van der Waals surface area contributed by atoms with Gasteiger partial charge in [0.25, 0.3) is 0 Å². The zero-order valence-corrected chi connectivity index (χ0v) is 7.45. The average molecular weight is 170 g/mol. The molecule has 1 heteroatoms. The van der Waals surface area contributed by atoms with Gasteiger partial charge in [-0.05, 0) is 23.3 Å². The summed E-state index contributed by atoms with van der Waals surface area (Å²) in [6, 6.07) is 11.9. The van der Waals surface area contributed by atoms with Crippen LogP contribution in [0.15, 0.2) is 36.4 Å². The summed E-state index contributed by atoms with van der Waals surface area (Å²) < 4.78 is 0. The highest BCUT2D eigenvalue weighted by molar-refractivity contribution is 5.92. The van der Waals surface area contributed by atoms with E-state index in [1.807, 2.05) is 37.3 Å². The Kier molecular flexibility index (Phi) is 1.85. The fourth-order valence-corrected chi connectivity index (χ4v) is 1.57. The van der Waals surface area contributed by atoms with Gasteiger partial charge in [-0.2, -0.15) is 0 Å². The van der Waals surface area contributed by atoms with Crippen LogP contribution in [0.3, 0.4) is 0 Å². The highest BCUT2D eigenvalue weighted by atomic mass is 16.1. The van der Waals surface area contributed by atoms with E-state index in [9.17, 15) is 4.79 Å². The second-order valence-electron chi connectivity index (χ2n) is 3.12. The molecule has 0 aromatic heterocycles. The number of hydrogen-bond acceptors (Lipinski definition) is 1. The molecule has 0 aliphatic carbocycles. The predicted molar refractivity (Wildman–Crippen MR) is 54.1 cm³/mol. The maximum absolute atomic E-state index is 10.7. The van der Waals surface area contributed by atoms with Gasteiger partial charge < -0.3 is 0 Å². The molecule has 0 fully saturated rings. The van der Waals surface area contributed by atoms with Crippen molar-refractivity contribution in [3.63, 3.8) is 0 Å². The summed E-state index contributed by atoms with van der Waals surface area (Å²) in [5.41, 5.74) is 1.84. The Morgan fingerprint density at radius 1 is 1.08 bits per heavy atom. The second kappa shape index (κ2) is 3.02. The van der Waals surface area contributed by atoms with E-state index in [0.29, 0.717) is 0 Å². The molecule has 0 unspecified atom stereocenters. The van der Waals surface area contributed by atoms with Crippen molar-refractivity contribution in [1.82, 2.24) is 0 Å². The van der Waals surface area contributed by atoms with Gasteiger partial charge in [-0.25, -0.2) is 0 Å². The topological polar surface area (TPSA) is 17.1 Å². The molecule has 13 heavy (non-hydrogen) atoms. The van der Waals surface area contributed by atoms with Crippen molar-refractivity contribution in [3.05, 3.63) is 47.5 Å². The molecule has 2 aromatic carbocycles. The molecular formula is C12H10O. The summed E-state index contributed by atoms with van der Waals surface area (Å²) in [6.45, 7) is 1.98. The Morgan fingerprint density at radius 3 is 2.62 bits per heavy atom. The average Bonchev–Trinajstić information content (AvgIpc) is 2.19. The van der Waals surface area contributed by atoms with E-state index in [2.05, 4.69) is 6.07 Å². The van der Waals surface area contributed by atoms with Crippen LogP contribution in [-0.2, 0) is 0 Å². The van der Waals surface area contributed by atoms with Gasteiger partial charge in [0.2, 0.25) is 0 Å². The molecule has 64 valence electrons. The molecule has 0 radical (unpaired) electrons. The minimum atomic E-state index is 0.777. The van der Waals surface area contributed by atoms with Crippen LogP contribution in [0, 0.1) is 6.92 Å². The van der Waals surface area contributed by atoms with Gasteiger partial charge in [0, 0.05) is 5.56 Å². The van der Waals surface area contributed by atoms with E-state index in [1.165, 1.54) is 5.39 Å². The fourth-order valence-electron chi connectivity index (χ4n) is 1.57. The Hall–Kier alpha value is -1.63. The van der Waals surface area contributed by atoms with E-state index < -0.39 is 0 Å². The zero-order chi connectivity index (χ0) is 9.26. The Morgan fingerprint density at radius 2 is 1.85 bits per heavy atom. The van der Waals surface area contributed by atoms with Gasteiger partial charge >= 0.3 is 0 Å². The summed E-state index contributed by atoms with van der Waals surface area (Å²) in [7, 11) is 0. The van der Waals surface area contributed by atoms with Crippen LogP contribution in [0.4, 0.5) is 0 Å². The van der Waals surface area contributed by atoms with Gasteiger partial charge in [-0.1, -0.05) is 36.4 Å². The van der Waals surface area contributed by atoms with Crippen LogP contribution in [-0.4, -0.2) is 6.29 Å². The number of fused-ring (bicyclic) bond motifs is 1. The third-order valence-corrected chi connectivity index (χ3v) is 2.37. The Balaban J connectivity index is 2.86. The maximum atomic E-state index is 10.7. The molecule has 0 bridgehead atoms. The largest absolute Gasteiger partial charge is 0.298 e. The fraction of sp³-hybridized carbons (Fsp3) is 0.0833. The van der Waals surface area contributed by atoms with Crippen molar-refractivity contribution in [2.45, 2.75) is 6.92 Å². The highest BCUT2D eigenvalue weighted by Gasteiger charge is 2.00.